The van der Waals surface area contributed by atoms with Crippen molar-refractivity contribution in [3.63, 3.8) is 0 Å². The summed E-state index contributed by atoms with van der Waals surface area (Å²) in [7, 11) is 2.16. The summed E-state index contributed by atoms with van der Waals surface area (Å²) >= 11 is 0. The Balaban J connectivity index is 1.63. The summed E-state index contributed by atoms with van der Waals surface area (Å²) in [5, 5.41) is 1.28. The van der Waals surface area contributed by atoms with E-state index in [-0.39, 0.29) is 0 Å². The van der Waals surface area contributed by atoms with Crippen LogP contribution >= 0.6 is 0 Å². The maximum atomic E-state index is 3.34. The fraction of sp³-hybridized carbons (Fsp3) is 0.200. The highest BCUT2D eigenvalue weighted by molar-refractivity contribution is 5.82. The number of aryl methyl sites for hydroxylation is 1. The number of H-pyrrole nitrogens is 1. The molecule has 0 saturated heterocycles. The molecular weight excluding hydrogens is 268 g/mol. The average molecular weight is 290 g/mol. The van der Waals surface area contributed by atoms with Crippen LogP contribution in [0.3, 0.4) is 0 Å². The first-order chi connectivity index (χ1) is 10.7. The van der Waals surface area contributed by atoms with Crippen LogP contribution in [0.4, 0.5) is 0 Å². The van der Waals surface area contributed by atoms with Gasteiger partial charge in [0.25, 0.3) is 0 Å². The van der Waals surface area contributed by atoms with Crippen molar-refractivity contribution in [2.45, 2.75) is 13.5 Å². The minimum atomic E-state index is 0.936. The molecular formula is C20H22N2. The van der Waals surface area contributed by atoms with E-state index in [1.165, 1.54) is 27.6 Å². The van der Waals surface area contributed by atoms with Crippen molar-refractivity contribution in [3.05, 3.63) is 77.5 Å². The van der Waals surface area contributed by atoms with Crippen LogP contribution < -0.4 is 0 Å². The van der Waals surface area contributed by atoms with Gasteiger partial charge in [0, 0.05) is 24.8 Å². The van der Waals surface area contributed by atoms with Crippen LogP contribution in [-0.2, 0) is 6.54 Å². The standard InChI is InChI=1S/C20H22N2/c1-16-6-3-7-17(14-16)8-5-13-22(2)15-19-10-4-9-18-11-12-21-20(18)19/h3-12,14,21H,13,15H2,1-2H3/b8-5+. The molecule has 2 heteroatoms. The summed E-state index contributed by atoms with van der Waals surface area (Å²) in [5.74, 6) is 0. The van der Waals surface area contributed by atoms with Crippen LogP contribution in [0, 0.1) is 6.92 Å². The molecule has 0 spiro atoms. The Morgan fingerprint density at radius 3 is 2.82 bits per heavy atom. The predicted molar refractivity (Wildman–Crippen MR) is 94.8 cm³/mol. The second-order valence-electron chi connectivity index (χ2n) is 5.87. The summed E-state index contributed by atoms with van der Waals surface area (Å²) in [6, 6.07) is 17.2. The summed E-state index contributed by atoms with van der Waals surface area (Å²) in [4.78, 5) is 5.66. The number of aromatic amines is 1. The third-order valence-electron chi connectivity index (χ3n) is 3.88. The van der Waals surface area contributed by atoms with Crippen LogP contribution in [0.1, 0.15) is 16.7 Å². The first kappa shape index (κ1) is 14.6. The maximum absolute atomic E-state index is 3.34. The van der Waals surface area contributed by atoms with Crippen molar-refractivity contribution >= 4 is 17.0 Å². The topological polar surface area (TPSA) is 19.0 Å². The Kier molecular flexibility index (Phi) is 4.40. The number of benzene rings is 2. The van der Waals surface area contributed by atoms with Crippen LogP contribution in [0.2, 0.25) is 0 Å². The lowest BCUT2D eigenvalue weighted by Gasteiger charge is -2.15. The molecule has 2 aromatic carbocycles. The maximum Gasteiger partial charge on any atom is 0.0499 e. The average Bonchev–Trinajstić information content (AvgIpc) is 2.97. The Bertz CT molecular complexity index is 783. The van der Waals surface area contributed by atoms with Gasteiger partial charge in [0.2, 0.25) is 0 Å². The van der Waals surface area contributed by atoms with E-state index >= 15 is 0 Å². The van der Waals surface area contributed by atoms with Gasteiger partial charge in [0.05, 0.1) is 0 Å². The number of nitrogens with zero attached hydrogens (tertiary/aromatic N) is 1. The first-order valence-electron chi connectivity index (χ1n) is 7.69. The third-order valence-corrected chi connectivity index (χ3v) is 3.88. The quantitative estimate of drug-likeness (QED) is 0.726. The van der Waals surface area contributed by atoms with Gasteiger partial charge >= 0.3 is 0 Å². The molecule has 0 radical (unpaired) electrons. The highest BCUT2D eigenvalue weighted by Gasteiger charge is 2.04. The van der Waals surface area contributed by atoms with Gasteiger partial charge in [-0.15, -0.1) is 0 Å². The minimum absolute atomic E-state index is 0.936. The van der Waals surface area contributed by atoms with Gasteiger partial charge in [-0.3, -0.25) is 4.90 Å². The molecule has 0 amide bonds. The van der Waals surface area contributed by atoms with Crippen LogP contribution in [0.5, 0.6) is 0 Å². The van der Waals surface area contributed by atoms with E-state index in [0.717, 1.165) is 13.1 Å². The molecule has 0 fully saturated rings. The Morgan fingerprint density at radius 1 is 1.09 bits per heavy atom. The molecule has 0 aliphatic rings. The van der Waals surface area contributed by atoms with E-state index in [9.17, 15) is 0 Å². The summed E-state index contributed by atoms with van der Waals surface area (Å²) in [6.07, 6.45) is 6.42. The number of nitrogens with one attached hydrogen (secondary N) is 1. The van der Waals surface area contributed by atoms with Crippen LogP contribution in [0.25, 0.3) is 17.0 Å². The second-order valence-corrected chi connectivity index (χ2v) is 5.87. The van der Waals surface area contributed by atoms with Gasteiger partial charge in [-0.05, 0) is 36.6 Å². The molecule has 3 rings (SSSR count). The van der Waals surface area contributed by atoms with Crippen molar-refractivity contribution in [3.8, 4) is 0 Å². The van der Waals surface area contributed by atoms with Gasteiger partial charge in [-0.1, -0.05) is 60.2 Å². The van der Waals surface area contributed by atoms with Crippen molar-refractivity contribution in [1.29, 1.82) is 0 Å². The number of hydrogen-bond acceptors (Lipinski definition) is 1. The fourth-order valence-corrected chi connectivity index (χ4v) is 2.78. The van der Waals surface area contributed by atoms with Crippen molar-refractivity contribution in [1.82, 2.24) is 9.88 Å². The minimum Gasteiger partial charge on any atom is -0.361 e. The molecule has 3 aromatic rings. The van der Waals surface area contributed by atoms with E-state index in [1.807, 2.05) is 6.20 Å². The molecule has 1 N–H and O–H groups in total. The van der Waals surface area contributed by atoms with Crippen molar-refractivity contribution in [2.24, 2.45) is 0 Å². The van der Waals surface area contributed by atoms with E-state index in [1.54, 1.807) is 0 Å². The smallest absolute Gasteiger partial charge is 0.0499 e. The molecule has 0 bridgehead atoms. The zero-order chi connectivity index (χ0) is 15.4. The second kappa shape index (κ2) is 6.63. The number of aromatic nitrogens is 1. The highest BCUT2D eigenvalue weighted by Crippen LogP contribution is 2.18. The Morgan fingerprint density at radius 2 is 1.95 bits per heavy atom. The monoisotopic (exact) mass is 290 g/mol. The Hall–Kier alpha value is -2.32. The first-order valence-corrected chi connectivity index (χ1v) is 7.69. The molecule has 0 aliphatic carbocycles. The molecule has 1 aromatic heterocycles. The van der Waals surface area contributed by atoms with Gasteiger partial charge in [0.15, 0.2) is 0 Å². The number of likely N-dealkylation sites (N-methyl/N-ethyl adjacent to an activating group) is 1. The summed E-state index contributed by atoms with van der Waals surface area (Å²) in [6.45, 7) is 4.00. The highest BCUT2D eigenvalue weighted by atomic mass is 15.1. The van der Waals surface area contributed by atoms with E-state index < -0.39 is 0 Å². The largest absolute Gasteiger partial charge is 0.361 e. The number of fused-ring (bicyclic) bond motifs is 1. The number of rotatable bonds is 5. The molecule has 2 nitrogen and oxygen atoms in total. The lowest BCUT2D eigenvalue weighted by atomic mass is 10.1. The normalized spacial score (nSPS) is 11.8. The van der Waals surface area contributed by atoms with Crippen LogP contribution in [0.15, 0.2) is 60.8 Å². The van der Waals surface area contributed by atoms with Gasteiger partial charge in [0.1, 0.15) is 0 Å². The number of hydrogen-bond donors (Lipinski definition) is 1. The number of para-hydroxylation sites is 1. The Labute approximate surface area is 132 Å². The van der Waals surface area contributed by atoms with Crippen molar-refractivity contribution < 1.29 is 0 Å². The third kappa shape index (κ3) is 3.46. The van der Waals surface area contributed by atoms with Gasteiger partial charge < -0.3 is 4.98 Å². The van der Waals surface area contributed by atoms with Gasteiger partial charge in [-0.25, -0.2) is 0 Å². The molecule has 0 saturated carbocycles. The summed E-state index contributed by atoms with van der Waals surface area (Å²) < 4.78 is 0. The zero-order valence-electron chi connectivity index (χ0n) is 13.2. The lowest BCUT2D eigenvalue weighted by Crippen LogP contribution is -2.17. The SMILES string of the molecule is Cc1cccc(/C=C/CN(C)Cc2cccc3cc[nH]c23)c1. The van der Waals surface area contributed by atoms with E-state index in [4.69, 9.17) is 0 Å². The molecule has 0 unspecified atom stereocenters. The fourth-order valence-electron chi connectivity index (χ4n) is 2.78. The lowest BCUT2D eigenvalue weighted by molar-refractivity contribution is 0.365. The molecule has 112 valence electrons. The summed E-state index contributed by atoms with van der Waals surface area (Å²) in [5.41, 5.74) is 5.15. The van der Waals surface area contributed by atoms with Crippen LogP contribution in [-0.4, -0.2) is 23.5 Å². The molecule has 22 heavy (non-hydrogen) atoms. The molecule has 0 atom stereocenters. The van der Waals surface area contributed by atoms with E-state index in [0.29, 0.717) is 0 Å². The molecule has 1 heterocycles. The predicted octanol–water partition coefficient (Wildman–Crippen LogP) is 4.62. The van der Waals surface area contributed by atoms with Gasteiger partial charge in [-0.2, -0.15) is 0 Å². The molecule has 0 aliphatic heterocycles. The van der Waals surface area contributed by atoms with E-state index in [2.05, 4.69) is 84.5 Å². The van der Waals surface area contributed by atoms with Crippen molar-refractivity contribution in [2.75, 3.05) is 13.6 Å². The zero-order valence-corrected chi connectivity index (χ0v) is 13.2.